The van der Waals surface area contributed by atoms with E-state index in [0.717, 1.165) is 11.4 Å². The lowest BCUT2D eigenvalue weighted by Gasteiger charge is -2.06. The fourth-order valence-electron chi connectivity index (χ4n) is 1.80. The summed E-state index contributed by atoms with van der Waals surface area (Å²) in [5.74, 6) is 0.756. The molecule has 0 saturated heterocycles. The SMILES string of the molecule is Clc1cccc(-c2ccc(-n3cccc3)nn2)c1Cl. The van der Waals surface area contributed by atoms with Crippen LogP contribution in [0, 0.1) is 0 Å². The average Bonchev–Trinajstić information content (AvgIpc) is 2.96. The Bertz CT molecular complexity index is 691. The summed E-state index contributed by atoms with van der Waals surface area (Å²) in [6.45, 7) is 0. The summed E-state index contributed by atoms with van der Waals surface area (Å²) in [6, 6.07) is 13.1. The lowest BCUT2D eigenvalue weighted by atomic mass is 10.1. The van der Waals surface area contributed by atoms with Crippen molar-refractivity contribution in [3.63, 3.8) is 0 Å². The Balaban J connectivity index is 2.01. The summed E-state index contributed by atoms with van der Waals surface area (Å²) in [5, 5.41) is 9.37. The van der Waals surface area contributed by atoms with Crippen molar-refractivity contribution in [1.82, 2.24) is 14.8 Å². The van der Waals surface area contributed by atoms with Gasteiger partial charge in [0.2, 0.25) is 0 Å². The molecular formula is C14H9Cl2N3. The van der Waals surface area contributed by atoms with Crippen molar-refractivity contribution in [2.75, 3.05) is 0 Å². The molecule has 0 unspecified atom stereocenters. The van der Waals surface area contributed by atoms with Gasteiger partial charge in [-0.05, 0) is 30.3 Å². The van der Waals surface area contributed by atoms with Crippen LogP contribution in [0.15, 0.2) is 54.9 Å². The number of hydrogen-bond acceptors (Lipinski definition) is 2. The Kier molecular flexibility index (Phi) is 3.23. The van der Waals surface area contributed by atoms with Gasteiger partial charge in [0.05, 0.1) is 15.7 Å². The first-order valence-electron chi connectivity index (χ1n) is 5.67. The molecule has 0 amide bonds. The van der Waals surface area contributed by atoms with Crippen LogP contribution >= 0.6 is 23.2 Å². The molecule has 5 heteroatoms. The quantitative estimate of drug-likeness (QED) is 0.706. The standard InChI is InChI=1S/C14H9Cl2N3/c15-11-5-3-4-10(14(11)16)12-6-7-13(18-17-12)19-8-1-2-9-19/h1-9H. The van der Waals surface area contributed by atoms with Gasteiger partial charge in [-0.1, -0.05) is 35.3 Å². The average molecular weight is 290 g/mol. The minimum absolute atomic E-state index is 0.493. The first kappa shape index (κ1) is 12.2. The van der Waals surface area contributed by atoms with Gasteiger partial charge in [0.15, 0.2) is 5.82 Å². The molecular weight excluding hydrogens is 281 g/mol. The molecule has 0 aliphatic rings. The van der Waals surface area contributed by atoms with Crippen LogP contribution in [-0.2, 0) is 0 Å². The van der Waals surface area contributed by atoms with Gasteiger partial charge in [-0.15, -0.1) is 10.2 Å². The van der Waals surface area contributed by atoms with E-state index in [1.54, 1.807) is 6.07 Å². The molecule has 0 fully saturated rings. The number of benzene rings is 1. The summed E-state index contributed by atoms with van der Waals surface area (Å²) in [7, 11) is 0. The van der Waals surface area contributed by atoms with Crippen molar-refractivity contribution in [2.24, 2.45) is 0 Å². The van der Waals surface area contributed by atoms with Gasteiger partial charge in [0.25, 0.3) is 0 Å². The highest BCUT2D eigenvalue weighted by molar-refractivity contribution is 6.43. The Morgan fingerprint density at radius 3 is 2.32 bits per heavy atom. The molecule has 3 rings (SSSR count). The second-order valence-electron chi connectivity index (χ2n) is 3.97. The van der Waals surface area contributed by atoms with Crippen molar-refractivity contribution in [3.8, 4) is 17.1 Å². The highest BCUT2D eigenvalue weighted by Crippen LogP contribution is 2.32. The third-order valence-corrected chi connectivity index (χ3v) is 3.57. The van der Waals surface area contributed by atoms with Gasteiger partial charge >= 0.3 is 0 Å². The molecule has 94 valence electrons. The van der Waals surface area contributed by atoms with E-state index in [0.29, 0.717) is 15.7 Å². The summed E-state index contributed by atoms with van der Waals surface area (Å²) in [6.07, 6.45) is 3.83. The van der Waals surface area contributed by atoms with Crippen LogP contribution in [0.1, 0.15) is 0 Å². The van der Waals surface area contributed by atoms with E-state index in [1.165, 1.54) is 0 Å². The topological polar surface area (TPSA) is 30.7 Å². The van der Waals surface area contributed by atoms with Gasteiger partial charge in [-0.2, -0.15) is 0 Å². The Hall–Kier alpha value is -1.84. The smallest absolute Gasteiger partial charge is 0.159 e. The van der Waals surface area contributed by atoms with Crippen LogP contribution in [0.3, 0.4) is 0 Å². The van der Waals surface area contributed by atoms with Gasteiger partial charge in [-0.3, -0.25) is 0 Å². The van der Waals surface area contributed by atoms with E-state index in [9.17, 15) is 0 Å². The molecule has 0 aliphatic heterocycles. The van der Waals surface area contributed by atoms with E-state index >= 15 is 0 Å². The minimum atomic E-state index is 0.493. The second-order valence-corrected chi connectivity index (χ2v) is 4.75. The van der Waals surface area contributed by atoms with Gasteiger partial charge in [-0.25, -0.2) is 0 Å². The Labute approximate surface area is 120 Å². The van der Waals surface area contributed by atoms with E-state index in [2.05, 4.69) is 10.2 Å². The molecule has 0 aliphatic carbocycles. The lowest BCUT2D eigenvalue weighted by molar-refractivity contribution is 0.923. The zero-order valence-corrected chi connectivity index (χ0v) is 11.3. The first-order chi connectivity index (χ1) is 9.25. The summed E-state index contributed by atoms with van der Waals surface area (Å²) in [4.78, 5) is 0. The molecule has 3 nitrogen and oxygen atoms in total. The molecule has 19 heavy (non-hydrogen) atoms. The van der Waals surface area contributed by atoms with Crippen LogP contribution in [-0.4, -0.2) is 14.8 Å². The maximum atomic E-state index is 6.16. The number of hydrogen-bond donors (Lipinski definition) is 0. The predicted molar refractivity (Wildman–Crippen MR) is 76.8 cm³/mol. The fraction of sp³-hybridized carbons (Fsp3) is 0. The number of aromatic nitrogens is 3. The number of halogens is 2. The predicted octanol–water partition coefficient (Wildman–Crippen LogP) is 4.24. The number of nitrogens with zero attached hydrogens (tertiary/aromatic N) is 3. The van der Waals surface area contributed by atoms with Crippen LogP contribution < -0.4 is 0 Å². The molecule has 0 N–H and O–H groups in total. The molecule has 0 bridgehead atoms. The Morgan fingerprint density at radius 1 is 0.842 bits per heavy atom. The summed E-state index contributed by atoms with van der Waals surface area (Å²) < 4.78 is 1.89. The van der Waals surface area contributed by atoms with Crippen LogP contribution in [0.2, 0.25) is 10.0 Å². The van der Waals surface area contributed by atoms with Crippen LogP contribution in [0.4, 0.5) is 0 Å². The van der Waals surface area contributed by atoms with E-state index < -0.39 is 0 Å². The highest BCUT2D eigenvalue weighted by Gasteiger charge is 2.08. The van der Waals surface area contributed by atoms with Crippen molar-refractivity contribution < 1.29 is 0 Å². The largest absolute Gasteiger partial charge is 0.307 e. The maximum Gasteiger partial charge on any atom is 0.159 e. The normalized spacial score (nSPS) is 10.6. The molecule has 0 saturated carbocycles. The molecule has 3 aromatic rings. The van der Waals surface area contributed by atoms with E-state index in [-0.39, 0.29) is 0 Å². The van der Waals surface area contributed by atoms with Gasteiger partial charge in [0, 0.05) is 18.0 Å². The third-order valence-electron chi connectivity index (χ3n) is 2.75. The van der Waals surface area contributed by atoms with E-state index in [4.69, 9.17) is 23.2 Å². The molecule has 0 atom stereocenters. The summed E-state index contributed by atoms with van der Waals surface area (Å²) in [5.41, 5.74) is 1.48. The zero-order chi connectivity index (χ0) is 13.2. The molecule has 0 radical (unpaired) electrons. The van der Waals surface area contributed by atoms with E-state index in [1.807, 2.05) is 53.4 Å². The monoisotopic (exact) mass is 289 g/mol. The van der Waals surface area contributed by atoms with Crippen molar-refractivity contribution in [1.29, 1.82) is 0 Å². The zero-order valence-electron chi connectivity index (χ0n) is 9.79. The van der Waals surface area contributed by atoms with Gasteiger partial charge in [0.1, 0.15) is 0 Å². The fourth-order valence-corrected chi connectivity index (χ4v) is 2.19. The van der Waals surface area contributed by atoms with Crippen molar-refractivity contribution >= 4 is 23.2 Å². The molecule has 2 aromatic heterocycles. The van der Waals surface area contributed by atoms with Crippen molar-refractivity contribution in [2.45, 2.75) is 0 Å². The second kappa shape index (κ2) is 5.03. The van der Waals surface area contributed by atoms with Crippen LogP contribution in [0.5, 0.6) is 0 Å². The highest BCUT2D eigenvalue weighted by atomic mass is 35.5. The summed E-state index contributed by atoms with van der Waals surface area (Å²) >= 11 is 12.2. The Morgan fingerprint density at radius 2 is 1.63 bits per heavy atom. The minimum Gasteiger partial charge on any atom is -0.307 e. The van der Waals surface area contributed by atoms with Crippen molar-refractivity contribution in [3.05, 3.63) is 64.9 Å². The molecule has 0 spiro atoms. The maximum absolute atomic E-state index is 6.16. The molecule has 2 heterocycles. The van der Waals surface area contributed by atoms with Gasteiger partial charge < -0.3 is 4.57 Å². The number of rotatable bonds is 2. The first-order valence-corrected chi connectivity index (χ1v) is 6.43. The third kappa shape index (κ3) is 2.35. The molecule has 1 aromatic carbocycles. The van der Waals surface area contributed by atoms with Crippen LogP contribution in [0.25, 0.3) is 17.1 Å². The lowest BCUT2D eigenvalue weighted by Crippen LogP contribution is -1.97.